The number of carboxylic acids is 1. The van der Waals surface area contributed by atoms with Crippen molar-refractivity contribution in [3.05, 3.63) is 30.1 Å². The van der Waals surface area contributed by atoms with Crippen molar-refractivity contribution in [2.45, 2.75) is 19.4 Å². The summed E-state index contributed by atoms with van der Waals surface area (Å²) in [5.41, 5.74) is 0.857. The lowest BCUT2D eigenvalue weighted by Crippen LogP contribution is -2.42. The molecule has 2 rings (SSSR count). The van der Waals surface area contributed by atoms with E-state index in [1.165, 1.54) is 4.90 Å². The molecule has 0 radical (unpaired) electrons. The molecule has 0 bridgehead atoms. The largest absolute Gasteiger partial charge is 0.481 e. The molecule has 1 saturated heterocycles. The van der Waals surface area contributed by atoms with Crippen molar-refractivity contribution in [1.82, 2.24) is 9.88 Å². The second-order valence-corrected chi connectivity index (χ2v) is 4.53. The Bertz CT molecular complexity index is 449. The van der Waals surface area contributed by atoms with Crippen molar-refractivity contribution in [3.8, 4) is 0 Å². The maximum absolute atomic E-state index is 11.8. The van der Waals surface area contributed by atoms with Gasteiger partial charge in [0, 0.05) is 25.5 Å². The van der Waals surface area contributed by atoms with Gasteiger partial charge in [0.2, 0.25) is 0 Å². The van der Waals surface area contributed by atoms with Crippen LogP contribution in [0.25, 0.3) is 0 Å². The van der Waals surface area contributed by atoms with E-state index in [1.54, 1.807) is 24.5 Å². The van der Waals surface area contributed by atoms with Crippen LogP contribution in [0.5, 0.6) is 0 Å². The summed E-state index contributed by atoms with van der Waals surface area (Å²) in [5.74, 6) is -1.34. The van der Waals surface area contributed by atoms with Gasteiger partial charge in [-0.05, 0) is 30.5 Å². The highest BCUT2D eigenvalue weighted by atomic mass is 16.6. The lowest BCUT2D eigenvalue weighted by atomic mass is 9.99. The lowest BCUT2D eigenvalue weighted by Gasteiger charge is -2.29. The second kappa shape index (κ2) is 6.17. The van der Waals surface area contributed by atoms with Crippen molar-refractivity contribution >= 4 is 12.1 Å². The van der Waals surface area contributed by atoms with E-state index in [4.69, 9.17) is 9.84 Å². The van der Waals surface area contributed by atoms with Crippen LogP contribution in [0.4, 0.5) is 4.79 Å². The van der Waals surface area contributed by atoms with Crippen molar-refractivity contribution in [1.29, 1.82) is 0 Å². The van der Waals surface area contributed by atoms with Crippen LogP contribution in [0.3, 0.4) is 0 Å². The summed E-state index contributed by atoms with van der Waals surface area (Å²) in [7, 11) is 0. The third kappa shape index (κ3) is 3.67. The van der Waals surface area contributed by atoms with Crippen LogP contribution in [0, 0.1) is 5.92 Å². The van der Waals surface area contributed by atoms with Gasteiger partial charge in [0.25, 0.3) is 0 Å². The Morgan fingerprint density at radius 2 is 2.16 bits per heavy atom. The molecule has 1 amide bonds. The summed E-state index contributed by atoms with van der Waals surface area (Å²) in [6, 6.07) is 3.53. The zero-order valence-corrected chi connectivity index (χ0v) is 10.5. The van der Waals surface area contributed by atoms with Crippen LogP contribution in [0.15, 0.2) is 24.5 Å². The molecule has 6 heteroatoms. The first kappa shape index (κ1) is 13.3. The monoisotopic (exact) mass is 264 g/mol. The molecule has 1 aromatic heterocycles. The number of piperidine rings is 1. The van der Waals surface area contributed by atoms with Crippen molar-refractivity contribution in [2.24, 2.45) is 5.92 Å². The van der Waals surface area contributed by atoms with Crippen LogP contribution in [0.2, 0.25) is 0 Å². The molecule has 1 fully saturated rings. The average molecular weight is 264 g/mol. The quantitative estimate of drug-likeness (QED) is 0.895. The number of pyridine rings is 1. The molecule has 0 saturated carbocycles. The molecule has 0 aromatic carbocycles. The van der Waals surface area contributed by atoms with Gasteiger partial charge in [-0.2, -0.15) is 0 Å². The molecule has 19 heavy (non-hydrogen) atoms. The second-order valence-electron chi connectivity index (χ2n) is 4.53. The Kier molecular flexibility index (Phi) is 4.33. The number of amides is 1. The molecule has 0 aliphatic carbocycles. The van der Waals surface area contributed by atoms with Gasteiger partial charge in [-0.25, -0.2) is 4.79 Å². The molecule has 1 aliphatic rings. The summed E-state index contributed by atoms with van der Waals surface area (Å²) >= 11 is 0. The van der Waals surface area contributed by atoms with Gasteiger partial charge >= 0.3 is 12.1 Å². The molecule has 1 atom stereocenters. The molecule has 2 heterocycles. The van der Waals surface area contributed by atoms with E-state index in [0.717, 1.165) is 5.56 Å². The Morgan fingerprint density at radius 3 is 2.84 bits per heavy atom. The van der Waals surface area contributed by atoms with Crippen molar-refractivity contribution in [2.75, 3.05) is 13.1 Å². The molecule has 102 valence electrons. The predicted octanol–water partition coefficient (Wildman–Crippen LogP) is 1.51. The molecular formula is C13H16N2O4. The maximum Gasteiger partial charge on any atom is 0.410 e. The summed E-state index contributed by atoms with van der Waals surface area (Å²) in [6.45, 7) is 0.957. The topological polar surface area (TPSA) is 79.7 Å². The molecule has 1 N–H and O–H groups in total. The first-order valence-corrected chi connectivity index (χ1v) is 6.20. The highest BCUT2D eigenvalue weighted by Crippen LogP contribution is 2.17. The van der Waals surface area contributed by atoms with E-state index in [9.17, 15) is 9.59 Å². The van der Waals surface area contributed by atoms with Crippen LogP contribution in [-0.2, 0) is 16.1 Å². The van der Waals surface area contributed by atoms with Gasteiger partial charge in [-0.1, -0.05) is 0 Å². The lowest BCUT2D eigenvalue weighted by molar-refractivity contribution is -0.143. The maximum atomic E-state index is 11.8. The SMILES string of the molecule is O=C(O)C1CCCN(C(=O)OCc2ccncc2)C1. The van der Waals surface area contributed by atoms with Crippen LogP contribution >= 0.6 is 0 Å². The number of aromatic nitrogens is 1. The number of carbonyl (C=O) groups excluding carboxylic acids is 1. The number of aliphatic carboxylic acids is 1. The fourth-order valence-corrected chi connectivity index (χ4v) is 2.06. The summed E-state index contributed by atoms with van der Waals surface area (Å²) in [5, 5.41) is 8.96. The molecule has 1 aliphatic heterocycles. The number of hydrogen-bond acceptors (Lipinski definition) is 4. The summed E-state index contributed by atoms with van der Waals surface area (Å²) < 4.78 is 5.16. The average Bonchev–Trinajstić information content (AvgIpc) is 2.46. The molecule has 0 spiro atoms. The number of hydrogen-bond donors (Lipinski definition) is 1. The van der Waals surface area contributed by atoms with Crippen LogP contribution in [-0.4, -0.2) is 40.1 Å². The van der Waals surface area contributed by atoms with Gasteiger partial charge in [-0.15, -0.1) is 0 Å². The Balaban J connectivity index is 1.84. The van der Waals surface area contributed by atoms with Gasteiger partial charge in [0.1, 0.15) is 6.61 Å². The number of carboxylic acid groups (broad SMARTS) is 1. The minimum absolute atomic E-state index is 0.176. The number of rotatable bonds is 3. The zero-order valence-electron chi connectivity index (χ0n) is 10.5. The zero-order chi connectivity index (χ0) is 13.7. The van der Waals surface area contributed by atoms with Gasteiger partial charge in [0.05, 0.1) is 5.92 Å². The van der Waals surface area contributed by atoms with E-state index in [0.29, 0.717) is 19.4 Å². The van der Waals surface area contributed by atoms with E-state index < -0.39 is 18.0 Å². The van der Waals surface area contributed by atoms with Crippen LogP contribution < -0.4 is 0 Å². The molecule has 6 nitrogen and oxygen atoms in total. The van der Waals surface area contributed by atoms with E-state index in [2.05, 4.69) is 4.98 Å². The predicted molar refractivity (Wildman–Crippen MR) is 66.4 cm³/mol. The Morgan fingerprint density at radius 1 is 1.42 bits per heavy atom. The van der Waals surface area contributed by atoms with Gasteiger partial charge < -0.3 is 14.7 Å². The minimum Gasteiger partial charge on any atom is -0.481 e. The standard InChI is InChI=1S/C13H16N2O4/c16-12(17)11-2-1-7-15(8-11)13(18)19-9-10-3-5-14-6-4-10/h3-6,11H,1-2,7-9H2,(H,16,17). The first-order chi connectivity index (χ1) is 9.16. The Hall–Kier alpha value is -2.11. The minimum atomic E-state index is -0.855. The van der Waals surface area contributed by atoms with Crippen LogP contribution in [0.1, 0.15) is 18.4 Å². The summed E-state index contributed by atoms with van der Waals surface area (Å²) in [4.78, 5) is 28.1. The highest BCUT2D eigenvalue weighted by Gasteiger charge is 2.28. The van der Waals surface area contributed by atoms with E-state index in [1.807, 2.05) is 0 Å². The van der Waals surface area contributed by atoms with Gasteiger partial charge in [-0.3, -0.25) is 9.78 Å². The number of carbonyl (C=O) groups is 2. The highest BCUT2D eigenvalue weighted by molar-refractivity contribution is 5.73. The smallest absolute Gasteiger partial charge is 0.410 e. The van der Waals surface area contributed by atoms with Crippen molar-refractivity contribution < 1.29 is 19.4 Å². The Labute approximate surface area is 111 Å². The van der Waals surface area contributed by atoms with Gasteiger partial charge in [0.15, 0.2) is 0 Å². The fraction of sp³-hybridized carbons (Fsp3) is 0.462. The fourth-order valence-electron chi connectivity index (χ4n) is 2.06. The number of likely N-dealkylation sites (tertiary alicyclic amines) is 1. The molecule has 1 unspecified atom stereocenters. The summed E-state index contributed by atoms with van der Waals surface area (Å²) in [6.07, 6.45) is 4.11. The number of nitrogens with zero attached hydrogens (tertiary/aromatic N) is 2. The van der Waals surface area contributed by atoms with E-state index >= 15 is 0 Å². The van der Waals surface area contributed by atoms with Crippen molar-refractivity contribution in [3.63, 3.8) is 0 Å². The normalized spacial score (nSPS) is 18.9. The third-order valence-corrected chi connectivity index (χ3v) is 3.14. The molecule has 1 aromatic rings. The molecular weight excluding hydrogens is 248 g/mol. The first-order valence-electron chi connectivity index (χ1n) is 6.20. The third-order valence-electron chi connectivity index (χ3n) is 3.14. The van der Waals surface area contributed by atoms with E-state index in [-0.39, 0.29) is 13.2 Å². The number of ether oxygens (including phenoxy) is 1.